The molecule has 0 aromatic heterocycles. The van der Waals surface area contributed by atoms with Crippen molar-refractivity contribution in [2.75, 3.05) is 26.2 Å². The minimum Gasteiger partial charge on any atom is -0.357 e. The summed E-state index contributed by atoms with van der Waals surface area (Å²) in [7, 11) is 0. The quantitative estimate of drug-likeness (QED) is 0.282. The van der Waals surface area contributed by atoms with Crippen LogP contribution in [-0.2, 0) is 24.4 Å². The van der Waals surface area contributed by atoms with Crippen LogP contribution in [0.4, 0.5) is 0 Å². The number of halogens is 1. The molecular weight excluding hydrogens is 537 g/mol. The number of hydrogen-bond donors (Lipinski definition) is 2. The van der Waals surface area contributed by atoms with Crippen LogP contribution in [0.2, 0.25) is 0 Å². The number of carbonyl (C=O) groups excluding carboxylic acids is 1. The Balaban J connectivity index is 0.00000324. The van der Waals surface area contributed by atoms with E-state index in [1.807, 2.05) is 4.90 Å². The summed E-state index contributed by atoms with van der Waals surface area (Å²) in [6.07, 6.45) is 4.02. The van der Waals surface area contributed by atoms with Crippen LogP contribution in [0.5, 0.6) is 0 Å². The molecule has 1 unspecified atom stereocenters. The Bertz CT molecular complexity index is 936. The summed E-state index contributed by atoms with van der Waals surface area (Å²) >= 11 is 0. The molecule has 2 fully saturated rings. The van der Waals surface area contributed by atoms with Crippen molar-refractivity contribution in [3.05, 3.63) is 71.3 Å². The lowest BCUT2D eigenvalue weighted by Crippen LogP contribution is -2.51. The summed E-state index contributed by atoms with van der Waals surface area (Å²) in [6, 6.07) is 19.6. The number of hydrogen-bond acceptors (Lipinski definition) is 3. The van der Waals surface area contributed by atoms with Crippen LogP contribution in [0.25, 0.3) is 0 Å². The van der Waals surface area contributed by atoms with Crippen molar-refractivity contribution in [2.45, 2.75) is 58.3 Å². The Morgan fingerprint density at radius 1 is 1.00 bits per heavy atom. The number of carbonyl (C=O) groups is 1. The molecule has 2 aromatic rings. The van der Waals surface area contributed by atoms with E-state index in [1.165, 1.54) is 23.1 Å². The molecule has 0 spiro atoms. The van der Waals surface area contributed by atoms with Crippen molar-refractivity contribution >= 4 is 35.8 Å². The van der Waals surface area contributed by atoms with Crippen molar-refractivity contribution in [1.29, 1.82) is 0 Å². The Morgan fingerprint density at radius 2 is 1.79 bits per heavy atom. The topological polar surface area (TPSA) is 60.0 Å². The zero-order valence-corrected chi connectivity index (χ0v) is 22.5. The molecule has 0 saturated carbocycles. The van der Waals surface area contributed by atoms with Gasteiger partial charge in [-0.15, -0.1) is 24.0 Å². The zero-order chi connectivity index (χ0) is 22.9. The van der Waals surface area contributed by atoms with Gasteiger partial charge in [-0.3, -0.25) is 9.69 Å². The fraction of sp³-hybridized carbons (Fsp3) is 0.481. The molecule has 2 aromatic carbocycles. The van der Waals surface area contributed by atoms with Gasteiger partial charge in [0.2, 0.25) is 5.91 Å². The van der Waals surface area contributed by atoms with Crippen LogP contribution in [0.3, 0.4) is 0 Å². The maximum Gasteiger partial charge on any atom is 0.222 e. The molecule has 1 amide bonds. The SMILES string of the molecule is CCNC(=NCc1cccc(CN2CCCC2=O)c1)NC1CCCN(Cc2ccccc2)C1.I. The van der Waals surface area contributed by atoms with E-state index in [0.29, 0.717) is 25.6 Å². The first kappa shape index (κ1) is 26.5. The van der Waals surface area contributed by atoms with Gasteiger partial charge in [0.25, 0.3) is 0 Å². The van der Waals surface area contributed by atoms with E-state index in [2.05, 4.69) is 77.1 Å². The van der Waals surface area contributed by atoms with Gasteiger partial charge in [0.05, 0.1) is 6.54 Å². The molecule has 34 heavy (non-hydrogen) atoms. The van der Waals surface area contributed by atoms with E-state index in [4.69, 9.17) is 4.99 Å². The molecule has 6 nitrogen and oxygen atoms in total. The number of benzene rings is 2. The average molecular weight is 576 g/mol. The average Bonchev–Trinajstić information content (AvgIpc) is 3.23. The maximum atomic E-state index is 11.9. The third-order valence-electron chi connectivity index (χ3n) is 6.40. The molecule has 0 radical (unpaired) electrons. The summed E-state index contributed by atoms with van der Waals surface area (Å²) in [5, 5.41) is 7.08. The van der Waals surface area contributed by atoms with Crippen molar-refractivity contribution in [2.24, 2.45) is 4.99 Å². The largest absolute Gasteiger partial charge is 0.357 e. The molecule has 2 aliphatic heterocycles. The van der Waals surface area contributed by atoms with Crippen LogP contribution in [0.15, 0.2) is 59.6 Å². The van der Waals surface area contributed by atoms with Crippen molar-refractivity contribution < 1.29 is 4.79 Å². The number of amides is 1. The lowest BCUT2D eigenvalue weighted by atomic mass is 10.0. The van der Waals surface area contributed by atoms with Crippen LogP contribution < -0.4 is 10.6 Å². The van der Waals surface area contributed by atoms with Crippen LogP contribution in [0.1, 0.15) is 49.3 Å². The first-order valence-corrected chi connectivity index (χ1v) is 12.4. The predicted molar refractivity (Wildman–Crippen MR) is 149 cm³/mol. The molecule has 2 heterocycles. The molecule has 7 heteroatoms. The Hall–Kier alpha value is -2.13. The van der Waals surface area contributed by atoms with Gasteiger partial charge >= 0.3 is 0 Å². The molecule has 0 bridgehead atoms. The Morgan fingerprint density at radius 3 is 2.56 bits per heavy atom. The minimum atomic E-state index is 0. The minimum absolute atomic E-state index is 0. The molecule has 1 atom stereocenters. The number of nitrogens with one attached hydrogen (secondary N) is 2. The van der Waals surface area contributed by atoms with Crippen molar-refractivity contribution in [3.8, 4) is 0 Å². The fourth-order valence-corrected chi connectivity index (χ4v) is 4.76. The third kappa shape index (κ3) is 7.98. The highest BCUT2D eigenvalue weighted by molar-refractivity contribution is 14.0. The molecule has 0 aliphatic carbocycles. The zero-order valence-electron chi connectivity index (χ0n) is 20.2. The Kier molecular flexibility index (Phi) is 10.7. The highest BCUT2D eigenvalue weighted by Crippen LogP contribution is 2.16. The lowest BCUT2D eigenvalue weighted by Gasteiger charge is -2.34. The summed E-state index contributed by atoms with van der Waals surface area (Å²) in [5.41, 5.74) is 3.72. The van der Waals surface area contributed by atoms with Crippen LogP contribution in [0, 0.1) is 0 Å². The second-order valence-electron chi connectivity index (χ2n) is 9.14. The standard InChI is InChI=1S/C27H37N5O.HI/c1-2-28-27(30-25-13-7-15-31(21-25)19-22-9-4-3-5-10-22)29-18-23-11-6-12-24(17-23)20-32-16-8-14-26(32)33;/h3-6,9-12,17,25H,2,7-8,13-16,18-21H2,1H3,(H2,28,29,30);1H. The number of likely N-dealkylation sites (tertiary alicyclic amines) is 2. The normalized spacial score (nSPS) is 19.1. The predicted octanol–water partition coefficient (Wildman–Crippen LogP) is 4.15. The summed E-state index contributed by atoms with van der Waals surface area (Å²) in [5.74, 6) is 1.15. The number of aliphatic imine (C=N–C) groups is 1. The molecule has 184 valence electrons. The molecule has 2 N–H and O–H groups in total. The van der Waals surface area contributed by atoms with Gasteiger partial charge < -0.3 is 15.5 Å². The highest BCUT2D eigenvalue weighted by atomic mass is 127. The molecular formula is C27H38IN5O. The number of guanidine groups is 1. The van der Waals surface area contributed by atoms with Crippen LogP contribution >= 0.6 is 24.0 Å². The van der Waals surface area contributed by atoms with Gasteiger partial charge in [-0.2, -0.15) is 0 Å². The van der Waals surface area contributed by atoms with E-state index in [1.54, 1.807) is 0 Å². The first-order valence-electron chi connectivity index (χ1n) is 12.4. The smallest absolute Gasteiger partial charge is 0.222 e. The van der Waals surface area contributed by atoms with E-state index >= 15 is 0 Å². The molecule has 2 aliphatic rings. The monoisotopic (exact) mass is 575 g/mol. The second kappa shape index (κ2) is 13.7. The van der Waals surface area contributed by atoms with Crippen LogP contribution in [-0.4, -0.2) is 53.9 Å². The van der Waals surface area contributed by atoms with Crippen molar-refractivity contribution in [1.82, 2.24) is 20.4 Å². The second-order valence-corrected chi connectivity index (χ2v) is 9.14. The van der Waals surface area contributed by atoms with E-state index in [9.17, 15) is 4.79 Å². The highest BCUT2D eigenvalue weighted by Gasteiger charge is 2.21. The first-order chi connectivity index (χ1) is 16.2. The Labute approximate surface area is 221 Å². The van der Waals surface area contributed by atoms with Gasteiger partial charge in [-0.25, -0.2) is 4.99 Å². The molecule has 2 saturated heterocycles. The van der Waals surface area contributed by atoms with Gasteiger partial charge in [0.15, 0.2) is 5.96 Å². The van der Waals surface area contributed by atoms with Gasteiger partial charge in [-0.05, 0) is 49.4 Å². The summed E-state index contributed by atoms with van der Waals surface area (Å²) in [6.45, 7) is 8.31. The van der Waals surface area contributed by atoms with E-state index in [0.717, 1.165) is 51.5 Å². The molecule has 4 rings (SSSR count). The van der Waals surface area contributed by atoms with E-state index < -0.39 is 0 Å². The van der Waals surface area contributed by atoms with Crippen molar-refractivity contribution in [3.63, 3.8) is 0 Å². The van der Waals surface area contributed by atoms with Gasteiger partial charge in [0.1, 0.15) is 0 Å². The van der Waals surface area contributed by atoms with Gasteiger partial charge in [-0.1, -0.05) is 54.6 Å². The number of nitrogens with zero attached hydrogens (tertiary/aromatic N) is 3. The summed E-state index contributed by atoms with van der Waals surface area (Å²) in [4.78, 5) is 21.3. The van der Waals surface area contributed by atoms with E-state index in [-0.39, 0.29) is 29.9 Å². The summed E-state index contributed by atoms with van der Waals surface area (Å²) < 4.78 is 0. The lowest BCUT2D eigenvalue weighted by molar-refractivity contribution is -0.128. The van der Waals surface area contributed by atoms with Gasteiger partial charge in [0, 0.05) is 45.2 Å². The number of piperidine rings is 1. The fourth-order valence-electron chi connectivity index (χ4n) is 4.76. The third-order valence-corrected chi connectivity index (χ3v) is 6.40. The number of rotatable bonds is 8. The maximum absolute atomic E-state index is 11.9.